The third kappa shape index (κ3) is 3.43. The quantitative estimate of drug-likeness (QED) is 0.866. The number of hydrogen-bond donors (Lipinski definition) is 2. The molecule has 2 aromatic rings. The summed E-state index contributed by atoms with van der Waals surface area (Å²) in [5.74, 6) is -1.19. The number of hydrogen-bond acceptors (Lipinski definition) is 3. The third-order valence-electron chi connectivity index (χ3n) is 2.84. The van der Waals surface area contributed by atoms with E-state index < -0.39 is 16.0 Å². The van der Waals surface area contributed by atoms with Gasteiger partial charge in [-0.3, -0.25) is 4.72 Å². The first-order valence-corrected chi connectivity index (χ1v) is 8.20. The smallest absolute Gasteiger partial charge is 0.337 e. The van der Waals surface area contributed by atoms with Crippen molar-refractivity contribution in [1.82, 2.24) is 0 Å². The van der Waals surface area contributed by atoms with Gasteiger partial charge in [0.15, 0.2) is 0 Å². The fraction of sp³-hybridized carbons (Fsp3) is 0.0714. The molecule has 0 saturated carbocycles. The van der Waals surface area contributed by atoms with E-state index in [1.807, 2.05) is 0 Å². The minimum absolute atomic E-state index is 0.0329. The predicted octanol–water partition coefficient (Wildman–Crippen LogP) is 3.26. The lowest BCUT2D eigenvalue weighted by atomic mass is 10.2. The van der Waals surface area contributed by atoms with Gasteiger partial charge in [0.2, 0.25) is 0 Å². The van der Waals surface area contributed by atoms with Crippen LogP contribution in [0.25, 0.3) is 0 Å². The number of aryl methyl sites for hydroxylation is 1. The Morgan fingerprint density at radius 1 is 1.19 bits per heavy atom. The molecule has 0 aromatic heterocycles. The fourth-order valence-corrected chi connectivity index (χ4v) is 3.16. The number of carbonyl (C=O) groups is 1. The van der Waals surface area contributed by atoms with Gasteiger partial charge in [0.25, 0.3) is 10.0 Å². The normalized spacial score (nSPS) is 11.1. The SMILES string of the molecule is Cc1cc(S(=O)(=O)Nc2ccccc2C(=O)O)ccc1Br. The Bertz CT molecular complexity index is 802. The minimum Gasteiger partial charge on any atom is -0.478 e. The Labute approximate surface area is 130 Å². The summed E-state index contributed by atoms with van der Waals surface area (Å²) in [6.07, 6.45) is 0. The Balaban J connectivity index is 2.42. The van der Waals surface area contributed by atoms with Crippen LogP contribution in [0.5, 0.6) is 0 Å². The van der Waals surface area contributed by atoms with E-state index in [9.17, 15) is 13.2 Å². The maximum Gasteiger partial charge on any atom is 0.337 e. The van der Waals surface area contributed by atoms with Crippen molar-refractivity contribution in [3.63, 3.8) is 0 Å². The van der Waals surface area contributed by atoms with E-state index in [2.05, 4.69) is 20.7 Å². The van der Waals surface area contributed by atoms with Crippen LogP contribution in [0.15, 0.2) is 51.8 Å². The van der Waals surface area contributed by atoms with Gasteiger partial charge in [-0.2, -0.15) is 0 Å². The van der Waals surface area contributed by atoms with E-state index in [-0.39, 0.29) is 16.1 Å². The molecule has 0 unspecified atom stereocenters. The topological polar surface area (TPSA) is 83.5 Å². The van der Waals surface area contributed by atoms with E-state index in [0.717, 1.165) is 10.0 Å². The summed E-state index contributed by atoms with van der Waals surface area (Å²) in [5, 5.41) is 9.07. The molecule has 5 nitrogen and oxygen atoms in total. The van der Waals surface area contributed by atoms with Crippen LogP contribution in [0, 0.1) is 6.92 Å². The van der Waals surface area contributed by atoms with Crippen LogP contribution >= 0.6 is 15.9 Å². The molecule has 7 heteroatoms. The van der Waals surface area contributed by atoms with Crippen LogP contribution in [-0.2, 0) is 10.0 Å². The highest BCUT2D eigenvalue weighted by atomic mass is 79.9. The van der Waals surface area contributed by atoms with Gasteiger partial charge < -0.3 is 5.11 Å². The number of carboxylic acids is 1. The van der Waals surface area contributed by atoms with Gasteiger partial charge in [0.05, 0.1) is 16.1 Å². The number of halogens is 1. The summed E-state index contributed by atoms with van der Waals surface area (Å²) in [6, 6.07) is 10.4. The first-order valence-electron chi connectivity index (χ1n) is 5.92. The highest BCUT2D eigenvalue weighted by Crippen LogP contribution is 2.23. The van der Waals surface area contributed by atoms with Gasteiger partial charge in [-0.25, -0.2) is 13.2 Å². The Hall–Kier alpha value is -1.86. The van der Waals surface area contributed by atoms with E-state index in [1.165, 1.54) is 30.3 Å². The molecule has 0 aliphatic carbocycles. The Kier molecular flexibility index (Phi) is 4.34. The molecular formula is C14H12BrNO4S. The zero-order valence-corrected chi connectivity index (χ0v) is 13.4. The van der Waals surface area contributed by atoms with E-state index in [0.29, 0.717) is 0 Å². The third-order valence-corrected chi connectivity index (χ3v) is 5.09. The molecule has 0 saturated heterocycles. The maximum atomic E-state index is 12.3. The van der Waals surface area contributed by atoms with Crippen molar-refractivity contribution in [2.75, 3.05) is 4.72 Å². The number of carboxylic acid groups (broad SMARTS) is 1. The van der Waals surface area contributed by atoms with Crippen LogP contribution in [0.2, 0.25) is 0 Å². The molecule has 2 N–H and O–H groups in total. The summed E-state index contributed by atoms with van der Waals surface area (Å²) < 4.78 is 27.7. The number of sulfonamides is 1. The summed E-state index contributed by atoms with van der Waals surface area (Å²) >= 11 is 3.30. The molecule has 0 amide bonds. The fourth-order valence-electron chi connectivity index (χ4n) is 1.75. The average molecular weight is 370 g/mol. The van der Waals surface area contributed by atoms with Crippen LogP contribution < -0.4 is 4.72 Å². The van der Waals surface area contributed by atoms with Crippen molar-refractivity contribution < 1.29 is 18.3 Å². The number of anilines is 1. The molecule has 2 aromatic carbocycles. The molecule has 0 atom stereocenters. The second-order valence-electron chi connectivity index (χ2n) is 4.37. The zero-order valence-electron chi connectivity index (χ0n) is 11.0. The van der Waals surface area contributed by atoms with E-state index in [1.54, 1.807) is 19.1 Å². The van der Waals surface area contributed by atoms with Crippen LogP contribution in [0.3, 0.4) is 0 Å². The molecule has 0 aliphatic rings. The van der Waals surface area contributed by atoms with Gasteiger partial charge in [0, 0.05) is 4.47 Å². The molecule has 110 valence electrons. The average Bonchev–Trinajstić information content (AvgIpc) is 2.41. The zero-order chi connectivity index (χ0) is 15.6. The first kappa shape index (κ1) is 15.5. The summed E-state index contributed by atoms with van der Waals surface area (Å²) in [7, 11) is -3.84. The minimum atomic E-state index is -3.84. The molecule has 21 heavy (non-hydrogen) atoms. The van der Waals surface area contributed by atoms with Gasteiger partial charge in [-0.15, -0.1) is 0 Å². The highest BCUT2D eigenvalue weighted by molar-refractivity contribution is 9.10. The number of benzene rings is 2. The van der Waals surface area contributed by atoms with E-state index >= 15 is 0 Å². The van der Waals surface area contributed by atoms with Crippen molar-refractivity contribution in [1.29, 1.82) is 0 Å². The van der Waals surface area contributed by atoms with Gasteiger partial charge in [-0.1, -0.05) is 28.1 Å². The van der Waals surface area contributed by atoms with Gasteiger partial charge in [-0.05, 0) is 42.8 Å². The molecule has 0 aliphatic heterocycles. The molecule has 0 spiro atoms. The summed E-state index contributed by atoms with van der Waals surface area (Å²) in [4.78, 5) is 11.2. The van der Waals surface area contributed by atoms with Crippen LogP contribution in [-0.4, -0.2) is 19.5 Å². The Morgan fingerprint density at radius 3 is 2.48 bits per heavy atom. The van der Waals surface area contributed by atoms with Gasteiger partial charge >= 0.3 is 5.97 Å². The molecule has 0 bridgehead atoms. The number of para-hydroxylation sites is 1. The largest absolute Gasteiger partial charge is 0.478 e. The summed E-state index contributed by atoms with van der Waals surface area (Å²) in [6.45, 7) is 1.77. The first-order chi connectivity index (χ1) is 9.81. The van der Waals surface area contributed by atoms with Crippen molar-refractivity contribution >= 4 is 37.6 Å². The monoisotopic (exact) mass is 369 g/mol. The lowest BCUT2D eigenvalue weighted by molar-refractivity contribution is 0.0698. The van der Waals surface area contributed by atoms with Crippen molar-refractivity contribution in [3.05, 3.63) is 58.1 Å². The van der Waals surface area contributed by atoms with Crippen molar-refractivity contribution in [2.45, 2.75) is 11.8 Å². The summed E-state index contributed by atoms with van der Waals surface area (Å²) in [5.41, 5.74) is 0.699. The molecule has 0 radical (unpaired) electrons. The highest BCUT2D eigenvalue weighted by Gasteiger charge is 2.18. The lowest BCUT2D eigenvalue weighted by Crippen LogP contribution is -2.15. The second-order valence-corrected chi connectivity index (χ2v) is 6.90. The molecule has 2 rings (SSSR count). The van der Waals surface area contributed by atoms with Crippen LogP contribution in [0.4, 0.5) is 5.69 Å². The van der Waals surface area contributed by atoms with Crippen LogP contribution in [0.1, 0.15) is 15.9 Å². The van der Waals surface area contributed by atoms with Crippen molar-refractivity contribution in [2.24, 2.45) is 0 Å². The number of aromatic carboxylic acids is 1. The predicted molar refractivity (Wildman–Crippen MR) is 83.1 cm³/mol. The molecule has 0 fully saturated rings. The van der Waals surface area contributed by atoms with Gasteiger partial charge in [0.1, 0.15) is 0 Å². The van der Waals surface area contributed by atoms with Crippen molar-refractivity contribution in [3.8, 4) is 0 Å². The number of nitrogens with one attached hydrogen (secondary N) is 1. The standard InChI is InChI=1S/C14H12BrNO4S/c1-9-8-10(6-7-12(9)15)21(19,20)16-13-5-3-2-4-11(13)14(17)18/h2-8,16H,1H3,(H,17,18). The molecular weight excluding hydrogens is 358 g/mol. The second kappa shape index (κ2) is 5.87. The molecule has 0 heterocycles. The lowest BCUT2D eigenvalue weighted by Gasteiger charge is -2.11. The van der Waals surface area contributed by atoms with E-state index in [4.69, 9.17) is 5.11 Å². The maximum absolute atomic E-state index is 12.3. The number of rotatable bonds is 4. The Morgan fingerprint density at radius 2 is 1.86 bits per heavy atom.